The molecule has 0 aliphatic carbocycles. The minimum absolute atomic E-state index is 0.201. The van der Waals surface area contributed by atoms with Crippen LogP contribution < -0.4 is 0 Å². The number of esters is 1. The molecular formula is C10H13NO3. The van der Waals surface area contributed by atoms with E-state index in [2.05, 4.69) is 9.72 Å². The van der Waals surface area contributed by atoms with Crippen molar-refractivity contribution in [1.29, 1.82) is 0 Å². The van der Waals surface area contributed by atoms with E-state index in [4.69, 9.17) is 0 Å². The van der Waals surface area contributed by atoms with Gasteiger partial charge in [0.25, 0.3) is 0 Å². The van der Waals surface area contributed by atoms with Crippen LogP contribution in [-0.4, -0.2) is 23.2 Å². The zero-order valence-corrected chi connectivity index (χ0v) is 8.44. The zero-order valence-electron chi connectivity index (χ0n) is 8.44. The maximum Gasteiger partial charge on any atom is 0.356 e. The summed E-state index contributed by atoms with van der Waals surface area (Å²) in [5, 5.41) is 9.65. The molecule has 1 heterocycles. The molecule has 14 heavy (non-hydrogen) atoms. The fourth-order valence-corrected chi connectivity index (χ4v) is 0.994. The van der Waals surface area contributed by atoms with E-state index < -0.39 is 11.6 Å². The number of nitrogens with zero attached hydrogens (tertiary/aromatic N) is 1. The third-order valence-corrected chi connectivity index (χ3v) is 1.77. The summed E-state index contributed by atoms with van der Waals surface area (Å²) in [6, 6.07) is 4.86. The van der Waals surface area contributed by atoms with Gasteiger partial charge in [0, 0.05) is 0 Å². The van der Waals surface area contributed by atoms with E-state index in [-0.39, 0.29) is 5.69 Å². The first kappa shape index (κ1) is 10.7. The van der Waals surface area contributed by atoms with Gasteiger partial charge in [-0.3, -0.25) is 0 Å². The second kappa shape index (κ2) is 3.75. The van der Waals surface area contributed by atoms with E-state index in [1.807, 2.05) is 0 Å². The molecule has 4 heteroatoms. The van der Waals surface area contributed by atoms with E-state index in [1.54, 1.807) is 32.0 Å². The topological polar surface area (TPSA) is 59.4 Å². The first-order valence-electron chi connectivity index (χ1n) is 4.23. The number of aliphatic hydroxyl groups is 1. The molecule has 0 bridgehead atoms. The van der Waals surface area contributed by atoms with E-state index in [9.17, 15) is 9.90 Å². The molecule has 76 valence electrons. The molecule has 0 radical (unpaired) electrons. The molecule has 0 unspecified atom stereocenters. The molecule has 0 spiro atoms. The van der Waals surface area contributed by atoms with E-state index in [1.165, 1.54) is 7.11 Å². The third-order valence-electron chi connectivity index (χ3n) is 1.77. The van der Waals surface area contributed by atoms with Gasteiger partial charge in [0.2, 0.25) is 0 Å². The number of carbonyl (C=O) groups is 1. The molecule has 0 aliphatic rings. The molecule has 0 fully saturated rings. The van der Waals surface area contributed by atoms with Crippen molar-refractivity contribution in [1.82, 2.24) is 4.98 Å². The number of aromatic nitrogens is 1. The lowest BCUT2D eigenvalue weighted by atomic mass is 10.0. The Morgan fingerprint density at radius 2 is 2.14 bits per heavy atom. The van der Waals surface area contributed by atoms with Crippen LogP contribution in [0.1, 0.15) is 30.0 Å². The molecule has 0 saturated heterocycles. The second-order valence-corrected chi connectivity index (χ2v) is 3.46. The summed E-state index contributed by atoms with van der Waals surface area (Å²) in [5.74, 6) is -0.504. The van der Waals surface area contributed by atoms with Crippen LogP contribution in [0.4, 0.5) is 0 Å². The smallest absolute Gasteiger partial charge is 0.356 e. The first-order valence-corrected chi connectivity index (χ1v) is 4.23. The molecular weight excluding hydrogens is 182 g/mol. The fourth-order valence-electron chi connectivity index (χ4n) is 0.994. The number of methoxy groups -OCH3 is 1. The summed E-state index contributed by atoms with van der Waals surface area (Å²) >= 11 is 0. The molecule has 0 amide bonds. The second-order valence-electron chi connectivity index (χ2n) is 3.46. The number of hydrogen-bond donors (Lipinski definition) is 1. The van der Waals surface area contributed by atoms with Crippen LogP contribution in [0.3, 0.4) is 0 Å². The van der Waals surface area contributed by atoms with Gasteiger partial charge in [0.15, 0.2) is 0 Å². The largest absolute Gasteiger partial charge is 0.464 e. The molecule has 1 rings (SSSR count). The SMILES string of the molecule is COC(=O)c1cccc(C(C)(C)O)n1. The summed E-state index contributed by atoms with van der Waals surface area (Å²) in [5.41, 5.74) is -0.406. The van der Waals surface area contributed by atoms with Crippen LogP contribution in [0.25, 0.3) is 0 Å². The maximum atomic E-state index is 11.1. The van der Waals surface area contributed by atoms with Gasteiger partial charge in [0.1, 0.15) is 11.3 Å². The van der Waals surface area contributed by atoms with Gasteiger partial charge in [-0.25, -0.2) is 9.78 Å². The standard InChI is InChI=1S/C10H13NO3/c1-10(2,13)8-6-4-5-7(11-8)9(12)14-3/h4-6,13H,1-3H3. The average molecular weight is 195 g/mol. The Morgan fingerprint density at radius 3 is 2.64 bits per heavy atom. The zero-order chi connectivity index (χ0) is 10.8. The van der Waals surface area contributed by atoms with E-state index in [0.29, 0.717) is 5.69 Å². The highest BCUT2D eigenvalue weighted by Gasteiger charge is 2.19. The van der Waals surface area contributed by atoms with Crippen LogP contribution in [-0.2, 0) is 10.3 Å². The Bertz CT molecular complexity index is 341. The summed E-state index contributed by atoms with van der Waals surface area (Å²) in [4.78, 5) is 15.1. The van der Waals surface area contributed by atoms with Crippen molar-refractivity contribution in [2.45, 2.75) is 19.4 Å². The predicted octanol–water partition coefficient (Wildman–Crippen LogP) is 1.10. The van der Waals surface area contributed by atoms with Crippen LogP contribution >= 0.6 is 0 Å². The lowest BCUT2D eigenvalue weighted by Crippen LogP contribution is -2.19. The number of hydrogen-bond acceptors (Lipinski definition) is 4. The van der Waals surface area contributed by atoms with Crippen molar-refractivity contribution in [3.8, 4) is 0 Å². The third kappa shape index (κ3) is 2.29. The Morgan fingerprint density at radius 1 is 1.50 bits per heavy atom. The Balaban J connectivity index is 3.08. The van der Waals surface area contributed by atoms with Crippen molar-refractivity contribution in [3.63, 3.8) is 0 Å². The van der Waals surface area contributed by atoms with Crippen molar-refractivity contribution < 1.29 is 14.6 Å². The lowest BCUT2D eigenvalue weighted by molar-refractivity contribution is 0.0584. The summed E-state index contributed by atoms with van der Waals surface area (Å²) in [7, 11) is 1.29. The summed E-state index contributed by atoms with van der Waals surface area (Å²) in [6.45, 7) is 3.22. The van der Waals surface area contributed by atoms with E-state index >= 15 is 0 Å². The van der Waals surface area contributed by atoms with Gasteiger partial charge < -0.3 is 9.84 Å². The number of pyridine rings is 1. The minimum atomic E-state index is -1.05. The average Bonchev–Trinajstić information content (AvgIpc) is 2.15. The quantitative estimate of drug-likeness (QED) is 0.718. The molecule has 1 N–H and O–H groups in total. The van der Waals surface area contributed by atoms with Crippen LogP contribution in [0.15, 0.2) is 18.2 Å². The number of ether oxygens (including phenoxy) is 1. The predicted molar refractivity (Wildman–Crippen MR) is 50.8 cm³/mol. The molecule has 0 saturated carbocycles. The first-order chi connectivity index (χ1) is 6.45. The number of carbonyl (C=O) groups excluding carboxylic acids is 1. The molecule has 0 aliphatic heterocycles. The number of rotatable bonds is 2. The van der Waals surface area contributed by atoms with Gasteiger partial charge in [0.05, 0.1) is 12.8 Å². The Hall–Kier alpha value is -1.42. The van der Waals surface area contributed by atoms with Gasteiger partial charge in [-0.2, -0.15) is 0 Å². The highest BCUT2D eigenvalue weighted by molar-refractivity contribution is 5.87. The normalized spacial score (nSPS) is 11.1. The van der Waals surface area contributed by atoms with Crippen LogP contribution in [0.2, 0.25) is 0 Å². The molecule has 0 aromatic carbocycles. The summed E-state index contributed by atoms with van der Waals surface area (Å²) < 4.78 is 4.52. The Kier molecular flexibility index (Phi) is 2.86. The fraction of sp³-hybridized carbons (Fsp3) is 0.400. The molecule has 1 aromatic heterocycles. The van der Waals surface area contributed by atoms with Crippen molar-refractivity contribution >= 4 is 5.97 Å². The van der Waals surface area contributed by atoms with Crippen LogP contribution in [0, 0.1) is 0 Å². The van der Waals surface area contributed by atoms with Crippen molar-refractivity contribution in [3.05, 3.63) is 29.6 Å². The molecule has 0 atom stereocenters. The minimum Gasteiger partial charge on any atom is -0.464 e. The summed E-state index contributed by atoms with van der Waals surface area (Å²) in [6.07, 6.45) is 0. The highest BCUT2D eigenvalue weighted by Crippen LogP contribution is 2.17. The van der Waals surface area contributed by atoms with Gasteiger partial charge in [-0.1, -0.05) is 6.07 Å². The van der Waals surface area contributed by atoms with Gasteiger partial charge >= 0.3 is 5.97 Å². The Labute approximate surface area is 82.5 Å². The molecule has 1 aromatic rings. The van der Waals surface area contributed by atoms with Gasteiger partial charge in [-0.15, -0.1) is 0 Å². The van der Waals surface area contributed by atoms with E-state index in [0.717, 1.165) is 0 Å². The highest BCUT2D eigenvalue weighted by atomic mass is 16.5. The molecule has 4 nitrogen and oxygen atoms in total. The monoisotopic (exact) mass is 195 g/mol. The lowest BCUT2D eigenvalue weighted by Gasteiger charge is -2.16. The van der Waals surface area contributed by atoms with Crippen LogP contribution in [0.5, 0.6) is 0 Å². The maximum absolute atomic E-state index is 11.1. The van der Waals surface area contributed by atoms with Crippen molar-refractivity contribution in [2.24, 2.45) is 0 Å². The van der Waals surface area contributed by atoms with Crippen molar-refractivity contribution in [2.75, 3.05) is 7.11 Å². The van der Waals surface area contributed by atoms with Gasteiger partial charge in [-0.05, 0) is 26.0 Å².